The van der Waals surface area contributed by atoms with E-state index in [9.17, 15) is 0 Å². The van der Waals surface area contributed by atoms with Gasteiger partial charge in [-0.25, -0.2) is 4.98 Å². The smallest absolute Gasteiger partial charge is 0.110 e. The van der Waals surface area contributed by atoms with Crippen molar-refractivity contribution >= 4 is 11.3 Å². The summed E-state index contributed by atoms with van der Waals surface area (Å²) in [4.78, 5) is 8.74. The van der Waals surface area contributed by atoms with Crippen LogP contribution >= 0.6 is 11.3 Å². The van der Waals surface area contributed by atoms with Crippen molar-refractivity contribution in [2.75, 3.05) is 13.1 Å². The van der Waals surface area contributed by atoms with Crippen LogP contribution in [0.25, 0.3) is 0 Å². The van der Waals surface area contributed by atoms with Gasteiger partial charge in [0.1, 0.15) is 5.01 Å². The van der Waals surface area contributed by atoms with Crippen LogP contribution in [-0.2, 0) is 6.42 Å². The molecule has 1 aliphatic heterocycles. The molecule has 2 rings (SSSR count). The van der Waals surface area contributed by atoms with Gasteiger partial charge in [-0.2, -0.15) is 0 Å². The number of rotatable bonds is 5. The minimum atomic E-state index is 0.434. The van der Waals surface area contributed by atoms with Crippen LogP contribution in [0.4, 0.5) is 0 Å². The first-order valence-electron chi connectivity index (χ1n) is 8.00. The molecule has 3 atom stereocenters. The summed E-state index contributed by atoms with van der Waals surface area (Å²) in [5.41, 5.74) is 0. The SMILES string of the molecule is CCc1cnc(C(C)N2CC(CC)NCC2C(C)C)s1. The Morgan fingerprint density at radius 2 is 2.15 bits per heavy atom. The summed E-state index contributed by atoms with van der Waals surface area (Å²) in [6, 6.07) is 1.67. The van der Waals surface area contributed by atoms with E-state index in [1.165, 1.54) is 16.3 Å². The zero-order chi connectivity index (χ0) is 14.7. The molecule has 1 N–H and O–H groups in total. The van der Waals surface area contributed by atoms with Gasteiger partial charge in [0.05, 0.1) is 6.04 Å². The third-order valence-electron chi connectivity index (χ3n) is 4.51. The molecule has 0 aromatic carbocycles. The molecule has 1 fully saturated rings. The predicted molar refractivity (Wildman–Crippen MR) is 87.3 cm³/mol. The maximum atomic E-state index is 4.66. The van der Waals surface area contributed by atoms with E-state index in [-0.39, 0.29) is 0 Å². The monoisotopic (exact) mass is 295 g/mol. The fraction of sp³-hybridized carbons (Fsp3) is 0.812. The molecule has 2 heterocycles. The maximum absolute atomic E-state index is 4.66. The van der Waals surface area contributed by atoms with Gasteiger partial charge >= 0.3 is 0 Å². The molecule has 1 aromatic heterocycles. The lowest BCUT2D eigenvalue weighted by atomic mass is 9.96. The first-order valence-corrected chi connectivity index (χ1v) is 8.82. The highest BCUT2D eigenvalue weighted by Crippen LogP contribution is 2.30. The lowest BCUT2D eigenvalue weighted by Gasteiger charge is -2.44. The average Bonchev–Trinajstić information content (AvgIpc) is 2.94. The fourth-order valence-electron chi connectivity index (χ4n) is 3.02. The molecule has 114 valence electrons. The molecular weight excluding hydrogens is 266 g/mol. The van der Waals surface area contributed by atoms with Crippen LogP contribution in [0.1, 0.15) is 57.0 Å². The number of aromatic nitrogens is 1. The maximum Gasteiger partial charge on any atom is 0.110 e. The van der Waals surface area contributed by atoms with E-state index in [0.29, 0.717) is 24.0 Å². The minimum absolute atomic E-state index is 0.434. The first-order chi connectivity index (χ1) is 9.56. The number of hydrogen-bond acceptors (Lipinski definition) is 4. The number of nitrogens with one attached hydrogen (secondary N) is 1. The van der Waals surface area contributed by atoms with Gasteiger partial charge in [-0.05, 0) is 25.7 Å². The molecule has 0 bridgehead atoms. The average molecular weight is 295 g/mol. The molecule has 3 nitrogen and oxygen atoms in total. The number of piperazine rings is 1. The van der Waals surface area contributed by atoms with Crippen LogP contribution in [0.5, 0.6) is 0 Å². The topological polar surface area (TPSA) is 28.2 Å². The molecule has 0 spiro atoms. The van der Waals surface area contributed by atoms with Crippen molar-refractivity contribution in [3.8, 4) is 0 Å². The molecular formula is C16H29N3S. The van der Waals surface area contributed by atoms with E-state index in [1.54, 1.807) is 0 Å². The zero-order valence-corrected chi connectivity index (χ0v) is 14.3. The van der Waals surface area contributed by atoms with Crippen molar-refractivity contribution in [1.29, 1.82) is 0 Å². The van der Waals surface area contributed by atoms with E-state index in [1.807, 2.05) is 11.3 Å². The van der Waals surface area contributed by atoms with E-state index < -0.39 is 0 Å². The van der Waals surface area contributed by atoms with Crippen LogP contribution < -0.4 is 5.32 Å². The highest BCUT2D eigenvalue weighted by atomic mass is 32.1. The summed E-state index contributed by atoms with van der Waals surface area (Å²) in [6.07, 6.45) is 4.35. The van der Waals surface area contributed by atoms with Crippen molar-refractivity contribution in [3.63, 3.8) is 0 Å². The van der Waals surface area contributed by atoms with Crippen molar-refractivity contribution in [3.05, 3.63) is 16.1 Å². The van der Waals surface area contributed by atoms with Crippen LogP contribution in [0, 0.1) is 5.92 Å². The number of nitrogens with zero attached hydrogens (tertiary/aromatic N) is 2. The Hall–Kier alpha value is -0.450. The Kier molecular flexibility index (Phi) is 5.58. The Morgan fingerprint density at radius 1 is 1.40 bits per heavy atom. The van der Waals surface area contributed by atoms with Gasteiger partial charge in [0.25, 0.3) is 0 Å². The lowest BCUT2D eigenvalue weighted by Crippen LogP contribution is -2.58. The van der Waals surface area contributed by atoms with Crippen LogP contribution in [0.15, 0.2) is 6.20 Å². The largest absolute Gasteiger partial charge is 0.311 e. The summed E-state index contributed by atoms with van der Waals surface area (Å²) >= 11 is 1.88. The molecule has 0 radical (unpaired) electrons. The second-order valence-corrected chi connectivity index (χ2v) is 7.36. The standard InChI is InChI=1S/C16H29N3S/c1-6-13-10-19(15(9-17-13)11(3)4)12(5)16-18-8-14(7-2)20-16/h8,11-13,15,17H,6-7,9-10H2,1-5H3. The molecule has 20 heavy (non-hydrogen) atoms. The Bertz CT molecular complexity index is 416. The van der Waals surface area contributed by atoms with Crippen LogP contribution in [0.3, 0.4) is 0 Å². The molecule has 1 aliphatic rings. The first kappa shape index (κ1) is 15.9. The third kappa shape index (κ3) is 3.41. The molecule has 1 saturated heterocycles. The Morgan fingerprint density at radius 3 is 2.70 bits per heavy atom. The molecule has 4 heteroatoms. The van der Waals surface area contributed by atoms with Gasteiger partial charge in [-0.3, -0.25) is 4.90 Å². The van der Waals surface area contributed by atoms with E-state index >= 15 is 0 Å². The number of hydrogen-bond donors (Lipinski definition) is 1. The van der Waals surface area contributed by atoms with Crippen molar-refractivity contribution in [2.45, 2.75) is 65.6 Å². The Labute approximate surface area is 127 Å². The van der Waals surface area contributed by atoms with E-state index in [4.69, 9.17) is 0 Å². The summed E-state index contributed by atoms with van der Waals surface area (Å²) in [7, 11) is 0. The highest BCUT2D eigenvalue weighted by Gasteiger charge is 2.33. The van der Waals surface area contributed by atoms with Gasteiger partial charge < -0.3 is 5.32 Å². The van der Waals surface area contributed by atoms with Gasteiger partial charge in [0.15, 0.2) is 0 Å². The van der Waals surface area contributed by atoms with E-state index in [2.05, 4.69) is 56.0 Å². The summed E-state index contributed by atoms with van der Waals surface area (Å²) in [5.74, 6) is 0.674. The molecule has 1 aromatic rings. The quantitative estimate of drug-likeness (QED) is 0.901. The summed E-state index contributed by atoms with van der Waals surface area (Å²) in [6.45, 7) is 13.7. The van der Waals surface area contributed by atoms with Gasteiger partial charge in [0, 0.05) is 36.2 Å². The van der Waals surface area contributed by atoms with Crippen molar-refractivity contribution < 1.29 is 0 Å². The summed E-state index contributed by atoms with van der Waals surface area (Å²) in [5, 5.41) is 4.98. The summed E-state index contributed by atoms with van der Waals surface area (Å²) < 4.78 is 0. The highest BCUT2D eigenvalue weighted by molar-refractivity contribution is 7.11. The van der Waals surface area contributed by atoms with Crippen molar-refractivity contribution in [2.24, 2.45) is 5.92 Å². The second-order valence-electron chi connectivity index (χ2n) is 6.22. The van der Waals surface area contributed by atoms with Gasteiger partial charge in [0.2, 0.25) is 0 Å². The van der Waals surface area contributed by atoms with Crippen LogP contribution in [-0.4, -0.2) is 35.1 Å². The van der Waals surface area contributed by atoms with Crippen LogP contribution in [0.2, 0.25) is 0 Å². The molecule has 0 saturated carbocycles. The third-order valence-corrected chi connectivity index (χ3v) is 5.82. The van der Waals surface area contributed by atoms with Gasteiger partial charge in [-0.1, -0.05) is 27.7 Å². The van der Waals surface area contributed by atoms with E-state index in [0.717, 1.165) is 19.5 Å². The molecule has 3 unspecified atom stereocenters. The minimum Gasteiger partial charge on any atom is -0.311 e. The molecule has 0 aliphatic carbocycles. The van der Waals surface area contributed by atoms with Crippen molar-refractivity contribution in [1.82, 2.24) is 15.2 Å². The fourth-order valence-corrected chi connectivity index (χ4v) is 3.95. The Balaban J connectivity index is 2.16. The number of aryl methyl sites for hydroxylation is 1. The second kappa shape index (κ2) is 7.01. The normalized spacial score (nSPS) is 26.1. The molecule has 0 amide bonds. The number of thiazole rings is 1. The zero-order valence-electron chi connectivity index (χ0n) is 13.5. The van der Waals surface area contributed by atoms with Gasteiger partial charge in [-0.15, -0.1) is 11.3 Å². The lowest BCUT2D eigenvalue weighted by molar-refractivity contribution is 0.0609. The predicted octanol–water partition coefficient (Wildman–Crippen LogP) is 3.47.